The van der Waals surface area contributed by atoms with E-state index in [0.717, 1.165) is 35.7 Å². The lowest BCUT2D eigenvalue weighted by molar-refractivity contribution is 0.175. The Balaban J connectivity index is 1.50. The minimum absolute atomic E-state index is 0.0569. The number of methoxy groups -OCH3 is 1. The number of carbonyl (C=O) groups excluding carboxylic acids is 1. The number of aromatic amines is 1. The van der Waals surface area contributed by atoms with Crippen molar-refractivity contribution in [2.75, 3.05) is 20.2 Å². The zero-order chi connectivity index (χ0) is 18.6. The molecule has 0 bridgehead atoms. The van der Waals surface area contributed by atoms with Crippen LogP contribution < -0.4 is 14.8 Å². The van der Waals surface area contributed by atoms with Gasteiger partial charge in [0.2, 0.25) is 0 Å². The number of hydrogen-bond acceptors (Lipinski definition) is 4. The molecule has 144 valence electrons. The molecule has 2 amide bonds. The third kappa shape index (κ3) is 4.02. The summed E-state index contributed by atoms with van der Waals surface area (Å²) in [5, 5.41) is 2.99. The second-order valence-corrected chi connectivity index (χ2v) is 7.23. The standard InChI is InChI=1S/C20H26N4O3/c1-26-17-7-6-14(10-18(17)27-16-4-2-3-5-16)15-11-23-20(25)24(12-15)13-19-21-8-9-22-19/h6-10,15-16H,2-5,11-13H2,1H3,(H,21,22)(H,23,25). The van der Waals surface area contributed by atoms with E-state index < -0.39 is 0 Å². The number of aromatic nitrogens is 2. The fourth-order valence-corrected chi connectivity index (χ4v) is 3.89. The van der Waals surface area contributed by atoms with Crippen molar-refractivity contribution < 1.29 is 14.3 Å². The molecule has 2 fully saturated rings. The molecule has 2 aliphatic rings. The highest BCUT2D eigenvalue weighted by molar-refractivity contribution is 5.75. The van der Waals surface area contributed by atoms with Crippen molar-refractivity contribution in [3.05, 3.63) is 42.0 Å². The van der Waals surface area contributed by atoms with E-state index in [1.165, 1.54) is 12.8 Å². The van der Waals surface area contributed by atoms with E-state index in [1.807, 2.05) is 6.07 Å². The molecule has 4 rings (SSSR count). The first-order valence-electron chi connectivity index (χ1n) is 9.58. The maximum absolute atomic E-state index is 12.2. The van der Waals surface area contributed by atoms with E-state index in [1.54, 1.807) is 24.4 Å². The summed E-state index contributed by atoms with van der Waals surface area (Å²) in [5.41, 5.74) is 1.15. The quantitative estimate of drug-likeness (QED) is 0.819. The SMILES string of the molecule is COc1ccc(C2CNC(=O)N(Cc3ncc[nH]3)C2)cc1OC1CCCC1. The van der Waals surface area contributed by atoms with E-state index in [-0.39, 0.29) is 18.1 Å². The molecular formula is C20H26N4O3. The number of carbonyl (C=O) groups is 1. The molecular weight excluding hydrogens is 344 g/mol. The van der Waals surface area contributed by atoms with Crippen molar-refractivity contribution >= 4 is 6.03 Å². The van der Waals surface area contributed by atoms with Crippen molar-refractivity contribution in [2.24, 2.45) is 0 Å². The highest BCUT2D eigenvalue weighted by atomic mass is 16.5. The van der Waals surface area contributed by atoms with Gasteiger partial charge >= 0.3 is 6.03 Å². The molecule has 1 aliphatic heterocycles. The number of H-pyrrole nitrogens is 1. The van der Waals surface area contributed by atoms with Gasteiger partial charge in [-0.2, -0.15) is 0 Å². The van der Waals surface area contributed by atoms with Gasteiger partial charge in [0.15, 0.2) is 11.5 Å². The predicted molar refractivity (Wildman–Crippen MR) is 101 cm³/mol. The third-order valence-electron chi connectivity index (χ3n) is 5.38. The van der Waals surface area contributed by atoms with Crippen LogP contribution in [0, 0.1) is 0 Å². The molecule has 1 unspecified atom stereocenters. The molecule has 1 saturated carbocycles. The Morgan fingerprint density at radius 3 is 2.85 bits per heavy atom. The molecule has 2 heterocycles. The van der Waals surface area contributed by atoms with Crippen molar-refractivity contribution in [2.45, 2.75) is 44.2 Å². The number of rotatable bonds is 6. The number of hydrogen-bond donors (Lipinski definition) is 2. The predicted octanol–water partition coefficient (Wildman–Crippen LogP) is 3.05. The Morgan fingerprint density at radius 2 is 2.11 bits per heavy atom. The van der Waals surface area contributed by atoms with Gasteiger partial charge in [0.05, 0.1) is 19.8 Å². The van der Waals surface area contributed by atoms with Gasteiger partial charge in [-0.05, 0) is 43.4 Å². The van der Waals surface area contributed by atoms with Crippen LogP contribution in [0.5, 0.6) is 11.5 Å². The molecule has 2 aromatic rings. The van der Waals surface area contributed by atoms with E-state index in [0.29, 0.717) is 19.6 Å². The van der Waals surface area contributed by atoms with Gasteiger partial charge in [-0.3, -0.25) is 0 Å². The van der Waals surface area contributed by atoms with Crippen molar-refractivity contribution in [3.8, 4) is 11.5 Å². The topological polar surface area (TPSA) is 79.5 Å². The Morgan fingerprint density at radius 1 is 1.26 bits per heavy atom. The number of benzene rings is 1. The molecule has 1 aromatic carbocycles. The summed E-state index contributed by atoms with van der Waals surface area (Å²) in [5.74, 6) is 2.54. The van der Waals surface area contributed by atoms with E-state index in [4.69, 9.17) is 9.47 Å². The Labute approximate surface area is 159 Å². The van der Waals surface area contributed by atoms with E-state index >= 15 is 0 Å². The molecule has 7 nitrogen and oxygen atoms in total. The zero-order valence-corrected chi connectivity index (χ0v) is 15.6. The fraction of sp³-hybridized carbons (Fsp3) is 0.500. The summed E-state index contributed by atoms with van der Waals surface area (Å²) >= 11 is 0. The summed E-state index contributed by atoms with van der Waals surface area (Å²) in [4.78, 5) is 21.3. The van der Waals surface area contributed by atoms with Gasteiger partial charge in [0.25, 0.3) is 0 Å². The highest BCUT2D eigenvalue weighted by Crippen LogP contribution is 2.35. The first-order valence-corrected chi connectivity index (χ1v) is 9.58. The largest absolute Gasteiger partial charge is 0.493 e. The normalized spacial score (nSPS) is 20.6. The lowest BCUT2D eigenvalue weighted by Crippen LogP contribution is -2.49. The second kappa shape index (κ2) is 7.90. The summed E-state index contributed by atoms with van der Waals surface area (Å²) in [7, 11) is 1.67. The molecule has 1 aliphatic carbocycles. The maximum Gasteiger partial charge on any atom is 0.317 e. The van der Waals surface area contributed by atoms with Crippen molar-refractivity contribution in [1.82, 2.24) is 20.2 Å². The zero-order valence-electron chi connectivity index (χ0n) is 15.6. The van der Waals surface area contributed by atoms with Gasteiger partial charge in [0, 0.05) is 31.4 Å². The molecule has 7 heteroatoms. The smallest absolute Gasteiger partial charge is 0.317 e. The summed E-state index contributed by atoms with van der Waals surface area (Å²) in [6.45, 7) is 1.72. The molecule has 0 radical (unpaired) electrons. The minimum atomic E-state index is -0.0569. The van der Waals surface area contributed by atoms with Gasteiger partial charge < -0.3 is 24.7 Å². The number of ether oxygens (including phenoxy) is 2. The van der Waals surface area contributed by atoms with Gasteiger partial charge in [-0.15, -0.1) is 0 Å². The number of nitrogens with zero attached hydrogens (tertiary/aromatic N) is 2. The van der Waals surface area contributed by atoms with Gasteiger partial charge in [0.1, 0.15) is 5.82 Å². The summed E-state index contributed by atoms with van der Waals surface area (Å²) in [6, 6.07) is 6.05. The molecule has 1 aromatic heterocycles. The van der Waals surface area contributed by atoms with E-state index in [9.17, 15) is 4.79 Å². The molecule has 1 saturated heterocycles. The second-order valence-electron chi connectivity index (χ2n) is 7.23. The summed E-state index contributed by atoms with van der Waals surface area (Å²) in [6.07, 6.45) is 8.39. The van der Waals surface area contributed by atoms with Gasteiger partial charge in [-0.1, -0.05) is 6.07 Å². The Bertz CT molecular complexity index is 772. The van der Waals surface area contributed by atoms with Crippen LogP contribution in [0.3, 0.4) is 0 Å². The minimum Gasteiger partial charge on any atom is -0.493 e. The van der Waals surface area contributed by atoms with Gasteiger partial charge in [-0.25, -0.2) is 9.78 Å². The van der Waals surface area contributed by atoms with Crippen LogP contribution in [0.1, 0.15) is 43.0 Å². The van der Waals surface area contributed by atoms with Crippen molar-refractivity contribution in [3.63, 3.8) is 0 Å². The molecule has 0 spiro atoms. The molecule has 1 atom stereocenters. The Hall–Kier alpha value is -2.70. The number of nitrogens with one attached hydrogen (secondary N) is 2. The fourth-order valence-electron chi connectivity index (χ4n) is 3.89. The highest BCUT2D eigenvalue weighted by Gasteiger charge is 2.28. The first kappa shape index (κ1) is 17.7. The lowest BCUT2D eigenvalue weighted by Gasteiger charge is -2.33. The van der Waals surface area contributed by atoms with Crippen molar-refractivity contribution in [1.29, 1.82) is 0 Å². The Kier molecular flexibility index (Phi) is 5.18. The lowest BCUT2D eigenvalue weighted by atomic mass is 9.96. The average molecular weight is 370 g/mol. The molecule has 2 N–H and O–H groups in total. The van der Waals surface area contributed by atoms with Crippen LogP contribution in [0.15, 0.2) is 30.6 Å². The third-order valence-corrected chi connectivity index (χ3v) is 5.38. The maximum atomic E-state index is 12.2. The van der Waals surface area contributed by atoms with Crippen LogP contribution in [-0.2, 0) is 6.54 Å². The first-order chi connectivity index (χ1) is 13.2. The molecule has 27 heavy (non-hydrogen) atoms. The van der Waals surface area contributed by atoms with E-state index in [2.05, 4.69) is 27.4 Å². The number of urea groups is 1. The summed E-state index contributed by atoms with van der Waals surface area (Å²) < 4.78 is 11.7. The number of imidazole rings is 1. The van der Waals surface area contributed by atoms with Crippen LogP contribution in [-0.4, -0.2) is 47.2 Å². The monoisotopic (exact) mass is 370 g/mol. The average Bonchev–Trinajstić information content (AvgIpc) is 3.38. The van der Waals surface area contributed by atoms with Crippen LogP contribution in [0.25, 0.3) is 0 Å². The van der Waals surface area contributed by atoms with Crippen LogP contribution in [0.4, 0.5) is 4.79 Å². The van der Waals surface area contributed by atoms with Crippen LogP contribution in [0.2, 0.25) is 0 Å². The van der Waals surface area contributed by atoms with Crippen LogP contribution >= 0.6 is 0 Å². The number of amides is 2.